The van der Waals surface area contributed by atoms with Gasteiger partial charge in [-0.25, -0.2) is 0 Å². The van der Waals surface area contributed by atoms with Crippen molar-refractivity contribution in [3.05, 3.63) is 127 Å². The summed E-state index contributed by atoms with van der Waals surface area (Å²) in [5.74, 6) is 0. The molecule has 0 heterocycles. The first-order valence-corrected chi connectivity index (χ1v) is 33.7. The number of allylic oxidation sites excluding steroid dienone is 2. The summed E-state index contributed by atoms with van der Waals surface area (Å²) in [5.41, 5.74) is 18.8. The monoisotopic (exact) mass is 899 g/mol. The first-order chi connectivity index (χ1) is 24.8. The topological polar surface area (TPSA) is 58.2 Å². The molecule has 2 aliphatic rings. The third-order valence-electron chi connectivity index (χ3n) is 11.7. The molecule has 0 aliphatic heterocycles. The van der Waals surface area contributed by atoms with Gasteiger partial charge in [0.05, 0.1) is 0 Å². The number of benzene rings is 4. The molecule has 0 fully saturated rings. The molecule has 2 atom stereocenters. The second kappa shape index (κ2) is 14.9. The molecule has 4 nitrogen and oxygen atoms in total. The summed E-state index contributed by atoms with van der Waals surface area (Å²) in [6.07, 6.45) is 9.31. The number of carbonyl (C=O) groups is 2. The van der Waals surface area contributed by atoms with E-state index in [1.807, 2.05) is 0 Å². The van der Waals surface area contributed by atoms with E-state index in [2.05, 4.69) is 139 Å². The number of hydrogen-bond donors (Lipinski definition) is 2. The summed E-state index contributed by atoms with van der Waals surface area (Å²) in [6.45, 7) is 17.3. The molecule has 2 unspecified atom stereocenters. The molecular weight excluding hydrogens is 849 g/mol. The van der Waals surface area contributed by atoms with E-state index in [4.69, 9.17) is 17.2 Å². The van der Waals surface area contributed by atoms with E-state index in [1.165, 1.54) is 55.7 Å². The van der Waals surface area contributed by atoms with Crippen LogP contribution < -0.4 is 10.5 Å². The van der Waals surface area contributed by atoms with Crippen LogP contribution in [0.5, 0.6) is 0 Å². The Morgan fingerprint density at radius 2 is 1.04 bits per heavy atom. The van der Waals surface area contributed by atoms with Gasteiger partial charge in [-0.3, -0.25) is 0 Å². The van der Waals surface area contributed by atoms with E-state index >= 15 is 0 Å². The van der Waals surface area contributed by atoms with Crippen LogP contribution in [-0.2, 0) is 25.5 Å². The van der Waals surface area contributed by atoms with Gasteiger partial charge in [0.2, 0.25) is 0 Å². The van der Waals surface area contributed by atoms with Crippen molar-refractivity contribution in [1.29, 1.82) is 0 Å². The molecule has 0 aromatic heterocycles. The van der Waals surface area contributed by atoms with Gasteiger partial charge in [-0.2, -0.15) is 0 Å². The minimum atomic E-state index is -6.01. The quantitative estimate of drug-likeness (QED) is 0.104. The molecule has 6 rings (SSSR count). The van der Waals surface area contributed by atoms with Crippen LogP contribution in [0.3, 0.4) is 0 Å². The predicted molar refractivity (Wildman–Crippen MR) is 219 cm³/mol. The van der Waals surface area contributed by atoms with Crippen LogP contribution in [-0.4, -0.2) is 17.4 Å². The van der Waals surface area contributed by atoms with E-state index < -0.39 is 20.5 Å². The number of nitrogens with one attached hydrogen (secondary N) is 2. The average Bonchev–Trinajstić information content (AvgIpc) is 3.68. The number of hydrogen-bond acceptors (Lipinski definition) is 2. The standard InChI is InChI=1S/2C21H23.C2H3BN2O2.2ClH.Hf/c2*1-5-7-17-12-18-8-6-9-19(21(18)13-17)20-11-14(2)10-15(3)16(20)4;6-1-4-3-5-2-7;;;/h2*6,8-13H,5,7H2,1-4H3;1-2H,(H-,4,5,6,7);2*1H;/q;;;;;+1/p-1. The van der Waals surface area contributed by atoms with Gasteiger partial charge in [0.15, 0.2) is 0 Å². The zero-order valence-corrected chi connectivity index (χ0v) is 36.8. The predicted octanol–water partition coefficient (Wildman–Crippen LogP) is 11.5. The molecule has 0 bridgehead atoms. The number of fused-ring (bicyclic) bond motifs is 2. The Kier molecular flexibility index (Phi) is 11.1. The third kappa shape index (κ3) is 6.31. The molecule has 269 valence electrons. The molecule has 4 aromatic carbocycles. The fourth-order valence-corrected chi connectivity index (χ4v) is 39.0. The first-order valence-electron chi connectivity index (χ1n) is 18.6. The van der Waals surface area contributed by atoms with Gasteiger partial charge in [-0.1, -0.05) is 0 Å². The van der Waals surface area contributed by atoms with Crippen molar-refractivity contribution >= 4 is 46.7 Å². The van der Waals surface area contributed by atoms with Crippen molar-refractivity contribution in [2.75, 3.05) is 0 Å². The van der Waals surface area contributed by atoms with E-state index in [0.29, 0.717) is 12.8 Å². The molecule has 2 amide bonds. The molecule has 0 saturated carbocycles. The Balaban J connectivity index is 1.69. The van der Waals surface area contributed by atoms with E-state index in [-0.39, 0.29) is 7.35 Å². The molecular formula is C44H50BCl2HfN2O2. The Bertz CT molecular complexity index is 2010. The fraction of sp³-hybridized carbons (Fsp3) is 0.318. The number of amides is 2. The van der Waals surface area contributed by atoms with Gasteiger partial charge < -0.3 is 0 Å². The molecule has 4 aromatic rings. The first kappa shape index (κ1) is 38.5. The summed E-state index contributed by atoms with van der Waals surface area (Å²) in [7, 11) is 17.3. The summed E-state index contributed by atoms with van der Waals surface area (Å²) < 4.78 is -1.66. The molecule has 2 aliphatic carbocycles. The SMILES string of the molecule is CCCC1=Cc2c(-c3cc(C)cc(C)c3C)cccc2[CH]1[Hf]([Cl])([Cl])([B](NC=O)NC=O)[CH]1C(CCC)=Cc2c(-c3cc(C)cc(C)c3C)cccc21. The van der Waals surface area contributed by atoms with Crippen LogP contribution >= 0.6 is 17.2 Å². The van der Waals surface area contributed by atoms with Crippen LogP contribution in [0.4, 0.5) is 0 Å². The third-order valence-corrected chi connectivity index (χ3v) is 40.4. The van der Waals surface area contributed by atoms with Gasteiger partial charge in [-0.05, 0) is 0 Å². The van der Waals surface area contributed by atoms with Crippen LogP contribution in [0.1, 0.15) is 103 Å². The summed E-state index contributed by atoms with van der Waals surface area (Å²) in [6, 6.07) is 22.0. The molecule has 52 heavy (non-hydrogen) atoms. The molecule has 0 saturated heterocycles. The van der Waals surface area contributed by atoms with Crippen molar-refractivity contribution in [1.82, 2.24) is 10.5 Å². The van der Waals surface area contributed by atoms with Gasteiger partial charge in [0, 0.05) is 0 Å². The molecule has 0 spiro atoms. The Hall–Kier alpha value is -3.18. The van der Waals surface area contributed by atoms with Crippen molar-refractivity contribution < 1.29 is 25.5 Å². The molecule has 8 heteroatoms. The zero-order valence-electron chi connectivity index (χ0n) is 31.7. The second-order valence-electron chi connectivity index (χ2n) is 15.2. The van der Waals surface area contributed by atoms with Crippen LogP contribution in [0.15, 0.2) is 71.8 Å². The van der Waals surface area contributed by atoms with Crippen molar-refractivity contribution in [3.8, 4) is 22.3 Å². The maximum absolute atomic E-state index is 12.5. The normalized spacial score (nSPS) is 17.0. The summed E-state index contributed by atoms with van der Waals surface area (Å²) in [5, 5.41) is 6.00. The van der Waals surface area contributed by atoms with Crippen LogP contribution in [0.2, 0.25) is 0 Å². The maximum atomic E-state index is 12.5. The summed E-state index contributed by atoms with van der Waals surface area (Å²) >= 11 is -6.01. The van der Waals surface area contributed by atoms with Gasteiger partial charge in [0.25, 0.3) is 0 Å². The average molecular weight is 899 g/mol. The van der Waals surface area contributed by atoms with Crippen molar-refractivity contribution in [2.24, 2.45) is 0 Å². The van der Waals surface area contributed by atoms with Crippen molar-refractivity contribution in [3.63, 3.8) is 0 Å². The number of halogens is 2. The number of carbonyl (C=O) groups excluding carboxylic acids is 2. The summed E-state index contributed by atoms with van der Waals surface area (Å²) in [4.78, 5) is 25.0. The number of rotatable bonds is 13. The Labute approximate surface area is 318 Å². The van der Waals surface area contributed by atoms with Gasteiger partial charge in [0.1, 0.15) is 0 Å². The Morgan fingerprint density at radius 3 is 1.40 bits per heavy atom. The van der Waals surface area contributed by atoms with Gasteiger partial charge >= 0.3 is 321 Å². The van der Waals surface area contributed by atoms with Crippen molar-refractivity contribution in [2.45, 2.75) is 88.4 Å². The van der Waals surface area contributed by atoms with E-state index in [9.17, 15) is 9.59 Å². The van der Waals surface area contributed by atoms with E-state index in [1.54, 1.807) is 0 Å². The number of aryl methyl sites for hydroxylation is 4. The second-order valence-corrected chi connectivity index (χ2v) is 45.6. The molecule has 0 radical (unpaired) electrons. The van der Waals surface area contributed by atoms with Gasteiger partial charge in [-0.15, -0.1) is 0 Å². The van der Waals surface area contributed by atoms with E-state index in [0.717, 1.165) is 59.1 Å². The Morgan fingerprint density at radius 1 is 0.635 bits per heavy atom. The minimum absolute atomic E-state index is 0.367. The van der Waals surface area contributed by atoms with Crippen LogP contribution in [0.25, 0.3) is 34.4 Å². The molecule has 2 N–H and O–H groups in total. The zero-order chi connectivity index (χ0) is 37.6. The fourth-order valence-electron chi connectivity index (χ4n) is 9.35. The van der Waals surface area contributed by atoms with Crippen LogP contribution in [0, 0.1) is 41.5 Å².